The number of halogens is 1. The van der Waals surface area contributed by atoms with Gasteiger partial charge in [-0.2, -0.15) is 4.31 Å². The smallest absolute Gasteiger partial charge is 0.243 e. The maximum atomic E-state index is 12.6. The number of rotatable bonds is 2. The Morgan fingerprint density at radius 3 is 2.58 bits per heavy atom. The van der Waals surface area contributed by atoms with E-state index >= 15 is 0 Å². The van der Waals surface area contributed by atoms with Crippen LogP contribution in [0.25, 0.3) is 0 Å². The van der Waals surface area contributed by atoms with E-state index in [2.05, 4.69) is 4.90 Å². The molecule has 0 bridgehead atoms. The highest BCUT2D eigenvalue weighted by atomic mass is 35.5. The standard InChI is InChI=1S/C13H19ClN2O2S/c1-11-4-5-12(10-13(11)14)19(17,18)16-7-3-6-15(2)8-9-16/h4-5,10H,3,6-9H2,1-2H3. The van der Waals surface area contributed by atoms with Gasteiger partial charge < -0.3 is 4.90 Å². The Bertz CT molecular complexity index is 560. The molecular weight excluding hydrogens is 284 g/mol. The maximum Gasteiger partial charge on any atom is 0.243 e. The predicted octanol–water partition coefficient (Wildman–Crippen LogP) is 1.97. The number of likely N-dealkylation sites (N-methyl/N-ethyl adjacent to an activating group) is 1. The molecule has 19 heavy (non-hydrogen) atoms. The van der Waals surface area contributed by atoms with Crippen LogP contribution in [-0.4, -0.2) is 50.8 Å². The van der Waals surface area contributed by atoms with Crippen LogP contribution in [0.15, 0.2) is 23.1 Å². The lowest BCUT2D eigenvalue weighted by Crippen LogP contribution is -2.34. The molecule has 1 aromatic carbocycles. The highest BCUT2D eigenvalue weighted by molar-refractivity contribution is 7.89. The first kappa shape index (κ1) is 14.8. The molecule has 0 unspecified atom stereocenters. The Hall–Kier alpha value is -0.620. The minimum absolute atomic E-state index is 0.285. The molecule has 0 aromatic heterocycles. The number of nitrogens with zero attached hydrogens (tertiary/aromatic N) is 2. The SMILES string of the molecule is Cc1ccc(S(=O)(=O)N2CCCN(C)CC2)cc1Cl. The third-order valence-corrected chi connectivity index (χ3v) is 5.76. The molecule has 4 nitrogen and oxygen atoms in total. The van der Waals surface area contributed by atoms with Gasteiger partial charge in [0, 0.05) is 24.7 Å². The van der Waals surface area contributed by atoms with Gasteiger partial charge in [-0.1, -0.05) is 17.7 Å². The van der Waals surface area contributed by atoms with Crippen LogP contribution in [0.1, 0.15) is 12.0 Å². The lowest BCUT2D eigenvalue weighted by Gasteiger charge is -2.20. The van der Waals surface area contributed by atoms with Crippen LogP contribution in [0.4, 0.5) is 0 Å². The summed E-state index contributed by atoms with van der Waals surface area (Å²) in [6.45, 7) is 4.65. The van der Waals surface area contributed by atoms with Gasteiger partial charge in [-0.15, -0.1) is 0 Å². The molecule has 1 aromatic rings. The summed E-state index contributed by atoms with van der Waals surface area (Å²) >= 11 is 6.02. The zero-order chi connectivity index (χ0) is 14.0. The molecule has 1 aliphatic heterocycles. The number of sulfonamides is 1. The lowest BCUT2D eigenvalue weighted by molar-refractivity contribution is 0.347. The second-order valence-electron chi connectivity index (χ2n) is 4.97. The van der Waals surface area contributed by atoms with E-state index in [0.717, 1.165) is 25.1 Å². The van der Waals surface area contributed by atoms with Gasteiger partial charge in [0.1, 0.15) is 0 Å². The molecule has 2 rings (SSSR count). The molecule has 1 aliphatic rings. The average molecular weight is 303 g/mol. The van der Waals surface area contributed by atoms with Gasteiger partial charge in [0.05, 0.1) is 4.90 Å². The quantitative estimate of drug-likeness (QED) is 0.839. The predicted molar refractivity (Wildman–Crippen MR) is 77.1 cm³/mol. The van der Waals surface area contributed by atoms with E-state index in [-0.39, 0.29) is 4.90 Å². The average Bonchev–Trinajstić information content (AvgIpc) is 2.57. The van der Waals surface area contributed by atoms with Crippen molar-refractivity contribution in [2.75, 3.05) is 33.2 Å². The molecule has 0 atom stereocenters. The molecule has 1 heterocycles. The van der Waals surface area contributed by atoms with Gasteiger partial charge in [-0.3, -0.25) is 0 Å². The van der Waals surface area contributed by atoms with Crippen LogP contribution in [-0.2, 0) is 10.0 Å². The van der Waals surface area contributed by atoms with Crippen molar-refractivity contribution in [2.24, 2.45) is 0 Å². The third-order valence-electron chi connectivity index (χ3n) is 3.46. The fraction of sp³-hybridized carbons (Fsp3) is 0.538. The monoisotopic (exact) mass is 302 g/mol. The van der Waals surface area contributed by atoms with E-state index in [0.29, 0.717) is 18.1 Å². The molecule has 0 aliphatic carbocycles. The summed E-state index contributed by atoms with van der Waals surface area (Å²) < 4.78 is 26.7. The van der Waals surface area contributed by atoms with Gasteiger partial charge in [-0.25, -0.2) is 8.42 Å². The van der Waals surface area contributed by atoms with Crippen molar-refractivity contribution in [2.45, 2.75) is 18.2 Å². The molecule has 0 radical (unpaired) electrons. The maximum absolute atomic E-state index is 12.6. The van der Waals surface area contributed by atoms with E-state index in [9.17, 15) is 8.42 Å². The largest absolute Gasteiger partial charge is 0.305 e. The van der Waals surface area contributed by atoms with E-state index in [1.165, 1.54) is 0 Å². The zero-order valence-corrected chi connectivity index (χ0v) is 12.8. The lowest BCUT2D eigenvalue weighted by atomic mass is 10.2. The Kier molecular flexibility index (Phi) is 4.50. The Balaban J connectivity index is 2.28. The summed E-state index contributed by atoms with van der Waals surface area (Å²) in [5, 5.41) is 0.494. The van der Waals surface area contributed by atoms with Gasteiger partial charge >= 0.3 is 0 Å². The summed E-state index contributed by atoms with van der Waals surface area (Å²) in [6, 6.07) is 4.92. The number of benzene rings is 1. The van der Waals surface area contributed by atoms with E-state index in [4.69, 9.17) is 11.6 Å². The number of aryl methyl sites for hydroxylation is 1. The van der Waals surface area contributed by atoms with Gasteiger partial charge in [0.15, 0.2) is 0 Å². The second-order valence-corrected chi connectivity index (χ2v) is 7.32. The molecule has 6 heteroatoms. The van der Waals surface area contributed by atoms with Gasteiger partial charge in [0.2, 0.25) is 10.0 Å². The first-order valence-electron chi connectivity index (χ1n) is 6.36. The van der Waals surface area contributed by atoms with Crippen molar-refractivity contribution in [3.63, 3.8) is 0 Å². The zero-order valence-electron chi connectivity index (χ0n) is 11.3. The fourth-order valence-electron chi connectivity index (χ4n) is 2.15. The molecule has 1 saturated heterocycles. The van der Waals surface area contributed by atoms with Crippen molar-refractivity contribution < 1.29 is 8.42 Å². The Labute approximate surface area is 120 Å². The van der Waals surface area contributed by atoms with E-state index in [1.54, 1.807) is 22.5 Å². The van der Waals surface area contributed by atoms with Crippen molar-refractivity contribution in [1.29, 1.82) is 0 Å². The summed E-state index contributed by atoms with van der Waals surface area (Å²) in [5.74, 6) is 0. The summed E-state index contributed by atoms with van der Waals surface area (Å²) in [7, 11) is -1.41. The molecule has 0 saturated carbocycles. The number of hydrogen-bond donors (Lipinski definition) is 0. The fourth-order valence-corrected chi connectivity index (χ4v) is 3.89. The van der Waals surface area contributed by atoms with E-state index < -0.39 is 10.0 Å². The highest BCUT2D eigenvalue weighted by Gasteiger charge is 2.26. The van der Waals surface area contributed by atoms with Crippen LogP contribution < -0.4 is 0 Å². The molecule has 0 spiro atoms. The molecule has 106 valence electrons. The highest BCUT2D eigenvalue weighted by Crippen LogP contribution is 2.23. The first-order chi connectivity index (χ1) is 8.91. The summed E-state index contributed by atoms with van der Waals surface area (Å²) in [5.41, 5.74) is 0.885. The molecule has 0 amide bonds. The van der Waals surface area contributed by atoms with Crippen molar-refractivity contribution in [3.8, 4) is 0 Å². The molecule has 0 N–H and O–H groups in total. The summed E-state index contributed by atoms with van der Waals surface area (Å²) in [4.78, 5) is 2.44. The van der Waals surface area contributed by atoms with Crippen LogP contribution in [0.2, 0.25) is 5.02 Å². The third kappa shape index (κ3) is 3.28. The van der Waals surface area contributed by atoms with Crippen molar-refractivity contribution in [1.82, 2.24) is 9.21 Å². The number of hydrogen-bond acceptors (Lipinski definition) is 3. The minimum Gasteiger partial charge on any atom is -0.305 e. The topological polar surface area (TPSA) is 40.6 Å². The van der Waals surface area contributed by atoms with Gasteiger partial charge in [0.25, 0.3) is 0 Å². The van der Waals surface area contributed by atoms with Gasteiger partial charge in [-0.05, 0) is 44.6 Å². The van der Waals surface area contributed by atoms with Crippen LogP contribution in [0, 0.1) is 6.92 Å². The summed E-state index contributed by atoms with van der Waals surface area (Å²) in [6.07, 6.45) is 0.856. The normalized spacial score (nSPS) is 19.3. The van der Waals surface area contributed by atoms with Crippen LogP contribution in [0.3, 0.4) is 0 Å². The van der Waals surface area contributed by atoms with Crippen molar-refractivity contribution in [3.05, 3.63) is 28.8 Å². The van der Waals surface area contributed by atoms with E-state index in [1.807, 2.05) is 14.0 Å². The first-order valence-corrected chi connectivity index (χ1v) is 8.18. The molecule has 1 fully saturated rings. The molecular formula is C13H19ClN2O2S. The van der Waals surface area contributed by atoms with Crippen LogP contribution in [0.5, 0.6) is 0 Å². The van der Waals surface area contributed by atoms with Crippen LogP contribution >= 0.6 is 11.6 Å². The second kappa shape index (κ2) is 5.79. The minimum atomic E-state index is -3.43. The Morgan fingerprint density at radius 2 is 1.89 bits per heavy atom. The van der Waals surface area contributed by atoms with Crippen molar-refractivity contribution >= 4 is 21.6 Å². The Morgan fingerprint density at radius 1 is 1.16 bits per heavy atom.